The fourth-order valence-electron chi connectivity index (χ4n) is 2.37. The summed E-state index contributed by atoms with van der Waals surface area (Å²) in [5.41, 5.74) is 2.40. The predicted octanol–water partition coefficient (Wildman–Crippen LogP) is 4.07. The van der Waals surface area contributed by atoms with Crippen LogP contribution < -0.4 is 10.1 Å². The molecule has 1 N–H and O–H groups in total. The van der Waals surface area contributed by atoms with Crippen LogP contribution in [0.2, 0.25) is 0 Å². The van der Waals surface area contributed by atoms with Crippen LogP contribution in [0.4, 0.5) is 0 Å². The van der Waals surface area contributed by atoms with E-state index in [4.69, 9.17) is 4.74 Å². The van der Waals surface area contributed by atoms with Crippen LogP contribution in [0.25, 0.3) is 0 Å². The van der Waals surface area contributed by atoms with Crippen molar-refractivity contribution in [1.29, 1.82) is 0 Å². The second-order valence-corrected chi connectivity index (χ2v) is 5.75. The molecule has 3 aromatic rings. The third-order valence-corrected chi connectivity index (χ3v) is 3.74. The molecule has 1 amide bonds. The van der Waals surface area contributed by atoms with Crippen molar-refractivity contribution < 1.29 is 9.53 Å². The summed E-state index contributed by atoms with van der Waals surface area (Å²) in [7, 11) is 0. The maximum Gasteiger partial charge on any atom is 0.251 e. The van der Waals surface area contributed by atoms with Crippen molar-refractivity contribution in [2.75, 3.05) is 0 Å². The Hall–Kier alpha value is -3.21. The van der Waals surface area contributed by atoms with Gasteiger partial charge in [0.1, 0.15) is 5.75 Å². The molecule has 25 heavy (non-hydrogen) atoms. The number of nitrogens with one attached hydrogen (secondary N) is 1. The molecule has 0 bridgehead atoms. The van der Waals surface area contributed by atoms with E-state index in [1.807, 2.05) is 50.2 Å². The number of hydrogen-bond acceptors (Lipinski definition) is 4. The maximum atomic E-state index is 12.5. The van der Waals surface area contributed by atoms with E-state index in [0.717, 1.165) is 11.3 Å². The Bertz CT molecular complexity index is 848. The van der Waals surface area contributed by atoms with E-state index in [0.29, 0.717) is 17.2 Å². The summed E-state index contributed by atoms with van der Waals surface area (Å²) >= 11 is 0. The van der Waals surface area contributed by atoms with Gasteiger partial charge < -0.3 is 10.1 Å². The number of benzene rings is 2. The summed E-state index contributed by atoms with van der Waals surface area (Å²) in [6.07, 6.45) is 0. The smallest absolute Gasteiger partial charge is 0.251 e. The molecule has 2 aromatic carbocycles. The second-order valence-electron chi connectivity index (χ2n) is 5.75. The van der Waals surface area contributed by atoms with Crippen molar-refractivity contribution in [1.82, 2.24) is 15.5 Å². The highest BCUT2D eigenvalue weighted by molar-refractivity contribution is 5.94. The van der Waals surface area contributed by atoms with Crippen LogP contribution >= 0.6 is 0 Å². The molecule has 5 nitrogen and oxygen atoms in total. The first-order chi connectivity index (χ1) is 12.1. The molecule has 0 saturated heterocycles. The zero-order valence-electron chi connectivity index (χ0n) is 14.1. The first-order valence-electron chi connectivity index (χ1n) is 8.06. The lowest BCUT2D eigenvalue weighted by molar-refractivity contribution is 0.0939. The molecule has 126 valence electrons. The van der Waals surface area contributed by atoms with E-state index in [2.05, 4.69) is 15.5 Å². The standard InChI is InChI=1S/C20H19N3O2/c1-14-11-12-19(23-22-14)25-18-10-6-9-17(13-18)20(24)21-15(2)16-7-4-3-5-8-16/h3-13,15H,1-2H3,(H,21,24)/t15-/m1/s1. The summed E-state index contributed by atoms with van der Waals surface area (Å²) in [4.78, 5) is 12.5. The Kier molecular flexibility index (Phi) is 5.04. The first-order valence-corrected chi connectivity index (χ1v) is 8.06. The summed E-state index contributed by atoms with van der Waals surface area (Å²) in [5.74, 6) is 0.774. The Morgan fingerprint density at radius 1 is 1.00 bits per heavy atom. The Balaban J connectivity index is 1.70. The highest BCUT2D eigenvalue weighted by atomic mass is 16.5. The van der Waals surface area contributed by atoms with E-state index in [1.54, 1.807) is 30.3 Å². The summed E-state index contributed by atoms with van der Waals surface area (Å²) in [6, 6.07) is 20.3. The van der Waals surface area contributed by atoms with Crippen LogP contribution in [0.5, 0.6) is 11.6 Å². The Labute approximate surface area is 146 Å². The Morgan fingerprint density at radius 3 is 2.52 bits per heavy atom. The van der Waals surface area contributed by atoms with Gasteiger partial charge in [-0.3, -0.25) is 4.79 Å². The first kappa shape index (κ1) is 16.6. The largest absolute Gasteiger partial charge is 0.438 e. The van der Waals surface area contributed by atoms with Crippen molar-refractivity contribution in [3.8, 4) is 11.6 Å². The molecule has 1 aromatic heterocycles. The molecular formula is C20H19N3O2. The number of ether oxygens (including phenoxy) is 1. The van der Waals surface area contributed by atoms with Crippen molar-refractivity contribution in [2.24, 2.45) is 0 Å². The van der Waals surface area contributed by atoms with Crippen molar-refractivity contribution >= 4 is 5.91 Å². The van der Waals surface area contributed by atoms with Gasteiger partial charge in [0.15, 0.2) is 0 Å². The molecule has 0 aliphatic rings. The molecular weight excluding hydrogens is 314 g/mol. The number of nitrogens with zero attached hydrogens (tertiary/aromatic N) is 2. The fraction of sp³-hybridized carbons (Fsp3) is 0.150. The van der Waals surface area contributed by atoms with Crippen LogP contribution in [0.1, 0.15) is 34.6 Å². The quantitative estimate of drug-likeness (QED) is 0.764. The molecule has 0 unspecified atom stereocenters. The minimum Gasteiger partial charge on any atom is -0.438 e. The van der Waals surface area contributed by atoms with Crippen LogP contribution in [0.15, 0.2) is 66.7 Å². The lowest BCUT2D eigenvalue weighted by Gasteiger charge is -2.14. The van der Waals surface area contributed by atoms with E-state index in [-0.39, 0.29) is 11.9 Å². The van der Waals surface area contributed by atoms with Gasteiger partial charge in [0.05, 0.1) is 11.7 Å². The van der Waals surface area contributed by atoms with E-state index in [9.17, 15) is 4.79 Å². The maximum absolute atomic E-state index is 12.5. The number of carbonyl (C=O) groups excluding carboxylic acids is 1. The summed E-state index contributed by atoms with van der Waals surface area (Å²) in [5, 5.41) is 10.9. The molecule has 0 aliphatic heterocycles. The zero-order chi connectivity index (χ0) is 17.6. The topological polar surface area (TPSA) is 64.1 Å². The molecule has 3 rings (SSSR count). The van der Waals surface area contributed by atoms with Crippen LogP contribution in [0, 0.1) is 6.92 Å². The van der Waals surface area contributed by atoms with Crippen LogP contribution in [-0.2, 0) is 0 Å². The predicted molar refractivity (Wildman–Crippen MR) is 95.6 cm³/mol. The molecule has 0 fully saturated rings. The lowest BCUT2D eigenvalue weighted by atomic mass is 10.1. The minimum absolute atomic E-state index is 0.0822. The van der Waals surface area contributed by atoms with Gasteiger partial charge in [0.25, 0.3) is 5.91 Å². The number of hydrogen-bond donors (Lipinski definition) is 1. The number of aryl methyl sites for hydroxylation is 1. The highest BCUT2D eigenvalue weighted by Crippen LogP contribution is 2.20. The summed E-state index contributed by atoms with van der Waals surface area (Å²) < 4.78 is 5.66. The van der Waals surface area contributed by atoms with Gasteiger partial charge in [-0.15, -0.1) is 5.10 Å². The van der Waals surface area contributed by atoms with E-state index in [1.165, 1.54) is 0 Å². The molecule has 1 heterocycles. The minimum atomic E-state index is -0.156. The van der Waals surface area contributed by atoms with Gasteiger partial charge in [0.2, 0.25) is 5.88 Å². The average molecular weight is 333 g/mol. The van der Waals surface area contributed by atoms with Crippen molar-refractivity contribution in [2.45, 2.75) is 19.9 Å². The van der Waals surface area contributed by atoms with Crippen molar-refractivity contribution in [3.63, 3.8) is 0 Å². The average Bonchev–Trinajstić information content (AvgIpc) is 2.64. The van der Waals surface area contributed by atoms with Gasteiger partial charge in [-0.1, -0.05) is 36.4 Å². The van der Waals surface area contributed by atoms with Crippen LogP contribution in [-0.4, -0.2) is 16.1 Å². The third-order valence-electron chi connectivity index (χ3n) is 3.74. The summed E-state index contributed by atoms with van der Waals surface area (Å²) in [6.45, 7) is 3.81. The number of amides is 1. The van der Waals surface area contributed by atoms with Crippen LogP contribution in [0.3, 0.4) is 0 Å². The molecule has 1 atom stereocenters. The van der Waals surface area contributed by atoms with Gasteiger partial charge in [-0.05, 0) is 43.7 Å². The number of carbonyl (C=O) groups is 1. The molecule has 0 aliphatic carbocycles. The van der Waals surface area contributed by atoms with Gasteiger partial charge in [-0.25, -0.2) is 0 Å². The molecule has 0 radical (unpaired) electrons. The Morgan fingerprint density at radius 2 is 1.80 bits per heavy atom. The lowest BCUT2D eigenvalue weighted by Crippen LogP contribution is -2.26. The van der Waals surface area contributed by atoms with Gasteiger partial charge in [-0.2, -0.15) is 5.10 Å². The van der Waals surface area contributed by atoms with E-state index >= 15 is 0 Å². The fourth-order valence-corrected chi connectivity index (χ4v) is 2.37. The number of rotatable bonds is 5. The van der Waals surface area contributed by atoms with Gasteiger partial charge >= 0.3 is 0 Å². The van der Waals surface area contributed by atoms with Gasteiger partial charge in [0, 0.05) is 11.6 Å². The second kappa shape index (κ2) is 7.57. The van der Waals surface area contributed by atoms with E-state index < -0.39 is 0 Å². The molecule has 0 spiro atoms. The normalized spacial score (nSPS) is 11.6. The monoisotopic (exact) mass is 333 g/mol. The van der Waals surface area contributed by atoms with Crippen molar-refractivity contribution in [3.05, 3.63) is 83.6 Å². The number of aromatic nitrogens is 2. The molecule has 5 heteroatoms. The molecule has 0 saturated carbocycles. The SMILES string of the molecule is Cc1ccc(Oc2cccc(C(=O)N[C@H](C)c3ccccc3)c2)nn1. The highest BCUT2D eigenvalue weighted by Gasteiger charge is 2.12. The zero-order valence-corrected chi connectivity index (χ0v) is 14.1. The third kappa shape index (κ3) is 4.41.